The van der Waals surface area contributed by atoms with Gasteiger partial charge in [0.2, 0.25) is 0 Å². The molecule has 5 rings (SSSR count). The molecule has 2 saturated heterocycles. The number of nitrogens with one attached hydrogen (secondary N) is 1. The largest absolute Gasteiger partial charge is 0.456 e. The Kier molecular flexibility index (Phi) is 5.28. The summed E-state index contributed by atoms with van der Waals surface area (Å²) >= 11 is 12.5. The first-order valence-corrected chi connectivity index (χ1v) is 10.3. The third kappa shape index (κ3) is 3.63. The molecule has 0 amide bonds. The van der Waals surface area contributed by atoms with Crippen molar-refractivity contribution in [2.45, 2.75) is 37.3 Å². The van der Waals surface area contributed by atoms with E-state index in [1.54, 1.807) is 18.2 Å². The number of pyridine rings is 1. The van der Waals surface area contributed by atoms with Crippen LogP contribution in [-0.2, 0) is 22.3 Å². The van der Waals surface area contributed by atoms with Gasteiger partial charge in [-0.15, -0.1) is 0 Å². The lowest BCUT2D eigenvalue weighted by Gasteiger charge is -2.15. The van der Waals surface area contributed by atoms with Crippen LogP contribution in [0.25, 0.3) is 11.2 Å². The molecule has 2 aliphatic heterocycles. The highest BCUT2D eigenvalue weighted by atomic mass is 35.5. The average molecular weight is 454 g/mol. The van der Waals surface area contributed by atoms with Crippen molar-refractivity contribution in [1.82, 2.24) is 15.0 Å². The number of rotatable bonds is 5. The number of hydrogen-bond acceptors (Lipinski definition) is 6. The van der Waals surface area contributed by atoms with Crippen LogP contribution in [0.1, 0.15) is 11.3 Å². The molecule has 0 bridgehead atoms. The standard InChI is InChI=1S/C20H18Cl2FN3O4/c21-10-2-1-3-12(23)9(10)4-5-13-11(22)6-14-19(24-13)26-20(25-14)30-16-8-29-17-15(27)7-28-18(16)17/h1-3,6,15-18,27H,4-5,7-8H2,(H,24,25,26)/t15-,16-,17-,18-/m1/s1. The number of H-pyrrole nitrogens is 1. The Labute approximate surface area is 181 Å². The van der Waals surface area contributed by atoms with Gasteiger partial charge in [-0.3, -0.25) is 0 Å². The van der Waals surface area contributed by atoms with Gasteiger partial charge in [0.15, 0.2) is 11.8 Å². The van der Waals surface area contributed by atoms with Crippen LogP contribution in [0.2, 0.25) is 10.0 Å². The molecular formula is C20H18Cl2FN3O4. The summed E-state index contributed by atoms with van der Waals surface area (Å²) in [7, 11) is 0. The molecule has 30 heavy (non-hydrogen) atoms. The number of fused-ring (bicyclic) bond motifs is 2. The summed E-state index contributed by atoms with van der Waals surface area (Å²) in [5, 5.41) is 10.7. The van der Waals surface area contributed by atoms with E-state index < -0.39 is 6.10 Å². The highest BCUT2D eigenvalue weighted by Crippen LogP contribution is 2.30. The number of ether oxygens (including phenoxy) is 3. The zero-order valence-electron chi connectivity index (χ0n) is 15.6. The van der Waals surface area contributed by atoms with Crippen LogP contribution in [0.15, 0.2) is 24.3 Å². The van der Waals surface area contributed by atoms with Crippen molar-refractivity contribution in [3.8, 4) is 6.01 Å². The number of nitrogens with zero attached hydrogens (tertiary/aromatic N) is 2. The maximum absolute atomic E-state index is 14.0. The number of hydrogen-bond donors (Lipinski definition) is 2. The molecule has 0 radical (unpaired) electrons. The summed E-state index contributed by atoms with van der Waals surface area (Å²) in [5.41, 5.74) is 2.07. The predicted molar refractivity (Wildman–Crippen MR) is 108 cm³/mol. The normalized spacial score (nSPS) is 25.7. The molecule has 2 fully saturated rings. The Hall–Kier alpha value is -1.97. The third-order valence-corrected chi connectivity index (χ3v) is 6.08. The monoisotopic (exact) mass is 453 g/mol. The van der Waals surface area contributed by atoms with E-state index in [9.17, 15) is 9.50 Å². The molecule has 2 aromatic heterocycles. The Morgan fingerprint density at radius 2 is 1.97 bits per heavy atom. The number of benzene rings is 1. The molecule has 4 atom stereocenters. The zero-order chi connectivity index (χ0) is 20.8. The fraction of sp³-hybridized carbons (Fsp3) is 0.400. The molecule has 1 aromatic carbocycles. The molecule has 0 aliphatic carbocycles. The van der Waals surface area contributed by atoms with Gasteiger partial charge in [0, 0.05) is 10.6 Å². The first kappa shape index (κ1) is 20.0. The Morgan fingerprint density at radius 1 is 1.13 bits per heavy atom. The summed E-state index contributed by atoms with van der Waals surface area (Å²) in [6.07, 6.45) is -0.991. The van der Waals surface area contributed by atoms with E-state index in [1.165, 1.54) is 6.07 Å². The molecular weight excluding hydrogens is 436 g/mol. The van der Waals surface area contributed by atoms with Crippen molar-refractivity contribution < 1.29 is 23.7 Å². The molecule has 0 spiro atoms. The van der Waals surface area contributed by atoms with Gasteiger partial charge >= 0.3 is 0 Å². The number of aromatic nitrogens is 3. The fourth-order valence-corrected chi connectivity index (χ4v) is 4.37. The number of imidazole rings is 1. The maximum atomic E-state index is 14.0. The Balaban J connectivity index is 1.33. The number of aliphatic hydroxyl groups excluding tert-OH is 1. The lowest BCUT2D eigenvalue weighted by Crippen LogP contribution is -2.34. The van der Waals surface area contributed by atoms with Crippen LogP contribution in [0.5, 0.6) is 6.01 Å². The maximum Gasteiger partial charge on any atom is 0.296 e. The summed E-state index contributed by atoms with van der Waals surface area (Å²) < 4.78 is 31.0. The second kappa shape index (κ2) is 7.94. The van der Waals surface area contributed by atoms with E-state index in [2.05, 4.69) is 15.0 Å². The molecule has 3 aromatic rings. The van der Waals surface area contributed by atoms with Crippen LogP contribution in [0.3, 0.4) is 0 Å². The fourth-order valence-electron chi connectivity index (χ4n) is 3.87. The van der Waals surface area contributed by atoms with Crippen LogP contribution in [0, 0.1) is 5.82 Å². The molecule has 7 nitrogen and oxygen atoms in total. The number of aromatic amines is 1. The lowest BCUT2D eigenvalue weighted by atomic mass is 10.1. The molecule has 10 heteroatoms. The highest BCUT2D eigenvalue weighted by Gasteiger charge is 2.48. The van der Waals surface area contributed by atoms with E-state index in [0.717, 1.165) is 0 Å². The summed E-state index contributed by atoms with van der Waals surface area (Å²) in [4.78, 5) is 11.9. The summed E-state index contributed by atoms with van der Waals surface area (Å²) in [5.74, 6) is -0.355. The van der Waals surface area contributed by atoms with Crippen molar-refractivity contribution in [2.24, 2.45) is 0 Å². The molecule has 2 N–H and O–H groups in total. The van der Waals surface area contributed by atoms with Gasteiger partial charge < -0.3 is 24.3 Å². The molecule has 2 aliphatic rings. The van der Waals surface area contributed by atoms with E-state index in [4.69, 9.17) is 37.4 Å². The van der Waals surface area contributed by atoms with Crippen molar-refractivity contribution in [3.05, 3.63) is 51.4 Å². The average Bonchev–Trinajstić information content (AvgIpc) is 3.39. The summed E-state index contributed by atoms with van der Waals surface area (Å²) in [6.45, 7) is 0.522. The number of aliphatic hydroxyl groups is 1. The molecule has 4 heterocycles. The minimum Gasteiger partial charge on any atom is -0.456 e. The number of halogens is 3. The van der Waals surface area contributed by atoms with Crippen LogP contribution < -0.4 is 4.74 Å². The van der Waals surface area contributed by atoms with Crippen molar-refractivity contribution in [1.29, 1.82) is 0 Å². The van der Waals surface area contributed by atoms with Gasteiger partial charge in [-0.25, -0.2) is 9.37 Å². The molecule has 0 saturated carbocycles. The Morgan fingerprint density at radius 3 is 2.80 bits per heavy atom. The van der Waals surface area contributed by atoms with Crippen LogP contribution in [-0.4, -0.2) is 57.7 Å². The third-order valence-electron chi connectivity index (χ3n) is 5.40. The molecule has 0 unspecified atom stereocenters. The van der Waals surface area contributed by atoms with E-state index in [0.29, 0.717) is 51.9 Å². The van der Waals surface area contributed by atoms with E-state index in [1.807, 2.05) is 0 Å². The minimum absolute atomic E-state index is 0.224. The summed E-state index contributed by atoms with van der Waals surface area (Å²) in [6, 6.07) is 6.58. The van der Waals surface area contributed by atoms with Gasteiger partial charge in [-0.05, 0) is 31.0 Å². The van der Waals surface area contributed by atoms with E-state index >= 15 is 0 Å². The van der Waals surface area contributed by atoms with Gasteiger partial charge in [0.25, 0.3) is 6.01 Å². The highest BCUT2D eigenvalue weighted by molar-refractivity contribution is 6.32. The SMILES string of the molecule is O[C@@H]1CO[C@H]2[C@@H]1OC[C@H]2Oc1nc2nc(CCc3c(F)cccc3Cl)c(Cl)cc2[nH]1. The van der Waals surface area contributed by atoms with Gasteiger partial charge in [0.05, 0.1) is 29.4 Å². The first-order valence-electron chi connectivity index (χ1n) is 9.55. The van der Waals surface area contributed by atoms with Crippen molar-refractivity contribution in [2.75, 3.05) is 13.2 Å². The smallest absolute Gasteiger partial charge is 0.296 e. The van der Waals surface area contributed by atoms with Gasteiger partial charge in [0.1, 0.15) is 24.1 Å². The first-order chi connectivity index (χ1) is 14.5. The van der Waals surface area contributed by atoms with Crippen molar-refractivity contribution >= 4 is 34.4 Å². The topological polar surface area (TPSA) is 89.5 Å². The van der Waals surface area contributed by atoms with Crippen LogP contribution in [0.4, 0.5) is 4.39 Å². The number of aryl methyl sites for hydroxylation is 1. The minimum atomic E-state index is -0.648. The van der Waals surface area contributed by atoms with Crippen LogP contribution >= 0.6 is 23.2 Å². The second-order valence-electron chi connectivity index (χ2n) is 7.35. The lowest BCUT2D eigenvalue weighted by molar-refractivity contribution is 0.00706. The quantitative estimate of drug-likeness (QED) is 0.616. The van der Waals surface area contributed by atoms with Crippen molar-refractivity contribution in [3.63, 3.8) is 0 Å². The second-order valence-corrected chi connectivity index (χ2v) is 8.16. The van der Waals surface area contributed by atoms with Gasteiger partial charge in [-0.2, -0.15) is 4.98 Å². The Bertz CT molecular complexity index is 1080. The van der Waals surface area contributed by atoms with E-state index in [-0.39, 0.29) is 36.7 Å². The predicted octanol–water partition coefficient (Wildman–Crippen LogP) is 3.09. The van der Waals surface area contributed by atoms with Gasteiger partial charge in [-0.1, -0.05) is 29.3 Å². The molecule has 158 valence electrons. The zero-order valence-corrected chi connectivity index (χ0v) is 17.2.